The monoisotopic (exact) mass is 320 g/mol. The van der Waals surface area contributed by atoms with Gasteiger partial charge in [0.2, 0.25) is 0 Å². The molecule has 0 saturated heterocycles. The molecular weight excluding hydrogens is 306 g/mol. The zero-order valence-electron chi connectivity index (χ0n) is 11.4. The van der Waals surface area contributed by atoms with Crippen molar-refractivity contribution in [1.82, 2.24) is 5.32 Å². The van der Waals surface area contributed by atoms with Gasteiger partial charge in [-0.15, -0.1) is 0 Å². The van der Waals surface area contributed by atoms with Gasteiger partial charge in [0.1, 0.15) is 5.56 Å². The van der Waals surface area contributed by atoms with Gasteiger partial charge < -0.3 is 5.32 Å². The van der Waals surface area contributed by atoms with Crippen LogP contribution < -0.4 is 5.32 Å². The molecule has 2 atom stereocenters. The summed E-state index contributed by atoms with van der Waals surface area (Å²) in [6.07, 6.45) is 1.92. The van der Waals surface area contributed by atoms with E-state index in [1.165, 1.54) is 6.26 Å². The van der Waals surface area contributed by atoms with E-state index in [0.29, 0.717) is 18.6 Å². The number of rotatable bonds is 6. The molecule has 0 fully saturated rings. The maximum absolute atomic E-state index is 13.1. The van der Waals surface area contributed by atoms with E-state index < -0.39 is 44.5 Å². The van der Waals surface area contributed by atoms with Crippen molar-refractivity contribution in [2.24, 2.45) is 0 Å². The summed E-state index contributed by atoms with van der Waals surface area (Å²) in [6, 6.07) is 0.859. The summed E-state index contributed by atoms with van der Waals surface area (Å²) in [4.78, 5) is 21.6. The average molecular weight is 320 g/mol. The number of nitrogens with zero attached hydrogens (tertiary/aromatic N) is 1. The highest BCUT2D eigenvalue weighted by Gasteiger charge is 2.23. The molecule has 6 nitrogen and oxygen atoms in total. The Labute approximate surface area is 122 Å². The Morgan fingerprint density at radius 1 is 1.43 bits per heavy atom. The molecule has 1 aromatic carbocycles. The summed E-state index contributed by atoms with van der Waals surface area (Å²) < 4.78 is 37.2. The minimum absolute atomic E-state index is 0.121. The van der Waals surface area contributed by atoms with Crippen molar-refractivity contribution in [1.29, 1.82) is 0 Å². The van der Waals surface area contributed by atoms with Crippen LogP contribution >= 0.6 is 0 Å². The van der Waals surface area contributed by atoms with Crippen LogP contribution in [-0.2, 0) is 10.8 Å². The quantitative estimate of drug-likeness (QED) is 0.639. The topological polar surface area (TPSA) is 89.3 Å². The van der Waals surface area contributed by atoms with Crippen LogP contribution in [-0.4, -0.2) is 33.1 Å². The normalized spacial score (nSPS) is 13.5. The van der Waals surface area contributed by atoms with Gasteiger partial charge in [0.05, 0.1) is 11.0 Å². The highest BCUT2D eigenvalue weighted by molar-refractivity contribution is 7.84. The second-order valence-corrected chi connectivity index (χ2v) is 6.20. The molecule has 9 heteroatoms. The van der Waals surface area contributed by atoms with Gasteiger partial charge in [-0.05, 0) is 12.5 Å². The standard InChI is InChI=1S/C12H14F2N2O4S/c1-7(21(2)20)3-4-15-12(17)8-5-9(13)10(14)6-11(8)16(18)19/h5-7H,3-4H2,1-2H3,(H,15,17). The van der Waals surface area contributed by atoms with Crippen molar-refractivity contribution in [2.45, 2.75) is 18.6 Å². The molecule has 1 amide bonds. The minimum Gasteiger partial charge on any atom is -0.352 e. The molecule has 1 N–H and O–H groups in total. The van der Waals surface area contributed by atoms with Crippen molar-refractivity contribution in [2.75, 3.05) is 12.8 Å². The molecule has 1 aromatic rings. The van der Waals surface area contributed by atoms with Gasteiger partial charge in [-0.2, -0.15) is 0 Å². The third-order valence-corrected chi connectivity index (χ3v) is 4.25. The second-order valence-electron chi connectivity index (χ2n) is 4.39. The van der Waals surface area contributed by atoms with E-state index in [1.807, 2.05) is 0 Å². The third-order valence-electron chi connectivity index (χ3n) is 2.88. The fraction of sp³-hybridized carbons (Fsp3) is 0.417. The molecule has 116 valence electrons. The third kappa shape index (κ3) is 4.55. The zero-order chi connectivity index (χ0) is 16.2. The average Bonchev–Trinajstić information content (AvgIpc) is 2.40. The summed E-state index contributed by atoms with van der Waals surface area (Å²) in [5.74, 6) is -3.61. The first-order valence-corrected chi connectivity index (χ1v) is 7.60. The molecule has 0 heterocycles. The van der Waals surface area contributed by atoms with Crippen molar-refractivity contribution in [3.8, 4) is 0 Å². The van der Waals surface area contributed by atoms with E-state index in [4.69, 9.17) is 0 Å². The van der Waals surface area contributed by atoms with E-state index >= 15 is 0 Å². The molecule has 2 unspecified atom stereocenters. The first kappa shape index (κ1) is 17.2. The largest absolute Gasteiger partial charge is 0.352 e. The Morgan fingerprint density at radius 2 is 2.00 bits per heavy atom. The lowest BCUT2D eigenvalue weighted by Gasteiger charge is -2.09. The first-order chi connectivity index (χ1) is 9.73. The van der Waals surface area contributed by atoms with Crippen LogP contribution in [0, 0.1) is 21.7 Å². The Morgan fingerprint density at radius 3 is 2.52 bits per heavy atom. The molecule has 0 aliphatic carbocycles. The molecule has 0 bridgehead atoms. The predicted molar refractivity (Wildman–Crippen MR) is 73.5 cm³/mol. The Kier molecular flexibility index (Phi) is 5.89. The highest BCUT2D eigenvalue weighted by atomic mass is 32.2. The maximum atomic E-state index is 13.1. The molecule has 1 rings (SSSR count). The Balaban J connectivity index is 2.85. The van der Waals surface area contributed by atoms with Gasteiger partial charge in [-0.25, -0.2) is 8.78 Å². The summed E-state index contributed by atoms with van der Waals surface area (Å²) in [6.45, 7) is 1.85. The number of halogens is 2. The predicted octanol–water partition coefficient (Wildman–Crippen LogP) is 1.76. The molecule has 0 saturated carbocycles. The van der Waals surface area contributed by atoms with Crippen LogP contribution in [0.1, 0.15) is 23.7 Å². The molecule has 0 radical (unpaired) electrons. The maximum Gasteiger partial charge on any atom is 0.285 e. The molecular formula is C12H14F2N2O4S. The lowest BCUT2D eigenvalue weighted by molar-refractivity contribution is -0.385. The number of hydrogen-bond donors (Lipinski definition) is 1. The fourth-order valence-corrected chi connectivity index (χ4v) is 1.97. The number of nitrogens with one attached hydrogen (secondary N) is 1. The van der Waals surface area contributed by atoms with Crippen LogP contribution in [0.3, 0.4) is 0 Å². The van der Waals surface area contributed by atoms with Crippen LogP contribution in [0.4, 0.5) is 14.5 Å². The first-order valence-electron chi connectivity index (χ1n) is 5.98. The highest BCUT2D eigenvalue weighted by Crippen LogP contribution is 2.22. The summed E-state index contributed by atoms with van der Waals surface area (Å²) >= 11 is 0. The fourth-order valence-electron chi connectivity index (χ4n) is 1.52. The number of amides is 1. The van der Waals surface area contributed by atoms with E-state index in [-0.39, 0.29) is 11.8 Å². The van der Waals surface area contributed by atoms with Gasteiger partial charge in [0, 0.05) is 28.9 Å². The van der Waals surface area contributed by atoms with E-state index in [0.717, 1.165) is 0 Å². The van der Waals surface area contributed by atoms with E-state index in [9.17, 15) is 27.9 Å². The smallest absolute Gasteiger partial charge is 0.285 e. The number of nitro benzene ring substituents is 1. The van der Waals surface area contributed by atoms with Gasteiger partial charge in [-0.1, -0.05) is 6.92 Å². The van der Waals surface area contributed by atoms with Gasteiger partial charge in [-0.3, -0.25) is 19.1 Å². The van der Waals surface area contributed by atoms with Crippen LogP contribution in [0.5, 0.6) is 0 Å². The number of nitro groups is 1. The molecule has 0 aromatic heterocycles. The van der Waals surface area contributed by atoms with Crippen LogP contribution in [0.2, 0.25) is 0 Å². The summed E-state index contributed by atoms with van der Waals surface area (Å²) in [5, 5.41) is 13.0. The number of carbonyl (C=O) groups excluding carboxylic acids is 1. The lowest BCUT2D eigenvalue weighted by Crippen LogP contribution is -2.28. The van der Waals surface area contributed by atoms with Crippen molar-refractivity contribution < 1.29 is 22.7 Å². The summed E-state index contributed by atoms with van der Waals surface area (Å²) in [7, 11) is -1.06. The van der Waals surface area contributed by atoms with Crippen molar-refractivity contribution in [3.63, 3.8) is 0 Å². The van der Waals surface area contributed by atoms with Crippen molar-refractivity contribution in [3.05, 3.63) is 39.4 Å². The molecule has 0 aliphatic heterocycles. The van der Waals surface area contributed by atoms with E-state index in [1.54, 1.807) is 6.92 Å². The van der Waals surface area contributed by atoms with E-state index in [2.05, 4.69) is 5.32 Å². The van der Waals surface area contributed by atoms with Crippen LogP contribution in [0.15, 0.2) is 12.1 Å². The molecule has 0 spiro atoms. The Bertz CT molecular complexity index is 595. The van der Waals surface area contributed by atoms with Gasteiger partial charge >= 0.3 is 0 Å². The van der Waals surface area contributed by atoms with Gasteiger partial charge in [0.15, 0.2) is 11.6 Å². The zero-order valence-corrected chi connectivity index (χ0v) is 12.2. The molecule has 21 heavy (non-hydrogen) atoms. The minimum atomic E-state index is -1.40. The SMILES string of the molecule is CC(CCNC(=O)c1cc(F)c(F)cc1[N+](=O)[O-])S(C)=O. The lowest BCUT2D eigenvalue weighted by atomic mass is 10.1. The Hall–Kier alpha value is -1.90. The number of benzene rings is 1. The second kappa shape index (κ2) is 7.21. The van der Waals surface area contributed by atoms with Crippen molar-refractivity contribution >= 4 is 22.4 Å². The number of hydrogen-bond acceptors (Lipinski definition) is 4. The van der Waals surface area contributed by atoms with Gasteiger partial charge in [0.25, 0.3) is 11.6 Å². The molecule has 0 aliphatic rings. The van der Waals surface area contributed by atoms with Crippen LogP contribution in [0.25, 0.3) is 0 Å². The summed E-state index contributed by atoms with van der Waals surface area (Å²) in [5.41, 5.74) is -1.36. The number of carbonyl (C=O) groups is 1.